The zero-order chi connectivity index (χ0) is 16.4. The summed E-state index contributed by atoms with van der Waals surface area (Å²) < 4.78 is 25.1. The van der Waals surface area contributed by atoms with Crippen LogP contribution in [0.5, 0.6) is 5.75 Å². The molecule has 5 nitrogen and oxygen atoms in total. The molecule has 0 radical (unpaired) electrons. The number of amides is 1. The minimum absolute atomic E-state index is 0.0294. The SMILES string of the molecule is COc1cccc(F)c1CN1CC[C@@H]2OCC(=O)N(C)C[C@H]2C1. The Bertz CT molecular complexity index is 581. The molecule has 0 unspecified atom stereocenters. The molecule has 0 N–H and O–H groups in total. The Morgan fingerprint density at radius 1 is 1.39 bits per heavy atom. The van der Waals surface area contributed by atoms with Gasteiger partial charge in [-0.2, -0.15) is 0 Å². The molecule has 2 fully saturated rings. The van der Waals surface area contributed by atoms with E-state index in [4.69, 9.17) is 9.47 Å². The predicted molar refractivity (Wildman–Crippen MR) is 83.7 cm³/mol. The van der Waals surface area contributed by atoms with E-state index in [2.05, 4.69) is 4.90 Å². The van der Waals surface area contributed by atoms with E-state index >= 15 is 0 Å². The molecule has 126 valence electrons. The van der Waals surface area contributed by atoms with E-state index in [9.17, 15) is 9.18 Å². The quantitative estimate of drug-likeness (QED) is 0.846. The zero-order valence-corrected chi connectivity index (χ0v) is 13.6. The van der Waals surface area contributed by atoms with Crippen LogP contribution in [-0.4, -0.2) is 62.2 Å². The molecule has 23 heavy (non-hydrogen) atoms. The number of halogens is 1. The van der Waals surface area contributed by atoms with Crippen LogP contribution in [0.15, 0.2) is 18.2 Å². The summed E-state index contributed by atoms with van der Waals surface area (Å²) in [6.45, 7) is 2.99. The number of likely N-dealkylation sites (tertiary alicyclic amines) is 1. The minimum atomic E-state index is -0.240. The first kappa shape index (κ1) is 16.2. The predicted octanol–water partition coefficient (Wildman–Crippen LogP) is 1.51. The van der Waals surface area contributed by atoms with Crippen molar-refractivity contribution in [3.8, 4) is 5.75 Å². The van der Waals surface area contributed by atoms with Crippen molar-refractivity contribution in [2.45, 2.75) is 19.1 Å². The summed E-state index contributed by atoms with van der Waals surface area (Å²) in [5, 5.41) is 0. The smallest absolute Gasteiger partial charge is 0.248 e. The van der Waals surface area contributed by atoms with Crippen LogP contribution in [0.25, 0.3) is 0 Å². The first-order valence-corrected chi connectivity index (χ1v) is 7.97. The van der Waals surface area contributed by atoms with Crippen LogP contribution in [0.2, 0.25) is 0 Å². The molecule has 1 amide bonds. The average Bonchev–Trinajstić information content (AvgIpc) is 2.68. The maximum absolute atomic E-state index is 14.1. The van der Waals surface area contributed by atoms with Gasteiger partial charge in [0.1, 0.15) is 18.2 Å². The highest BCUT2D eigenvalue weighted by Crippen LogP contribution is 2.28. The Labute approximate surface area is 136 Å². The van der Waals surface area contributed by atoms with Crippen molar-refractivity contribution in [2.75, 3.05) is 40.4 Å². The van der Waals surface area contributed by atoms with Gasteiger partial charge in [-0.1, -0.05) is 6.07 Å². The number of fused-ring (bicyclic) bond motifs is 1. The lowest BCUT2D eigenvalue weighted by molar-refractivity contribution is -0.133. The first-order valence-electron chi connectivity index (χ1n) is 7.97. The van der Waals surface area contributed by atoms with Gasteiger partial charge >= 0.3 is 0 Å². The van der Waals surface area contributed by atoms with Crippen molar-refractivity contribution in [1.29, 1.82) is 0 Å². The van der Waals surface area contributed by atoms with Gasteiger partial charge in [-0.3, -0.25) is 9.69 Å². The molecule has 0 bridgehead atoms. The largest absolute Gasteiger partial charge is 0.496 e. The molecule has 2 heterocycles. The van der Waals surface area contributed by atoms with Gasteiger partial charge in [0.2, 0.25) is 5.91 Å². The molecule has 2 atom stereocenters. The third kappa shape index (κ3) is 3.48. The second-order valence-electron chi connectivity index (χ2n) is 6.33. The molecule has 1 aromatic carbocycles. The van der Waals surface area contributed by atoms with E-state index in [0.29, 0.717) is 24.4 Å². The number of hydrogen-bond acceptors (Lipinski definition) is 4. The monoisotopic (exact) mass is 322 g/mol. The summed E-state index contributed by atoms with van der Waals surface area (Å²) in [7, 11) is 3.37. The van der Waals surface area contributed by atoms with E-state index in [1.807, 2.05) is 7.05 Å². The molecule has 0 aromatic heterocycles. The van der Waals surface area contributed by atoms with E-state index in [1.54, 1.807) is 24.1 Å². The fraction of sp³-hybridized carbons (Fsp3) is 0.588. The van der Waals surface area contributed by atoms with Crippen LogP contribution < -0.4 is 4.74 Å². The highest BCUT2D eigenvalue weighted by atomic mass is 19.1. The normalized spacial score (nSPS) is 25.9. The summed E-state index contributed by atoms with van der Waals surface area (Å²) in [6, 6.07) is 4.90. The van der Waals surface area contributed by atoms with E-state index in [0.717, 1.165) is 19.5 Å². The molecule has 2 aliphatic rings. The highest BCUT2D eigenvalue weighted by molar-refractivity contribution is 5.77. The van der Waals surface area contributed by atoms with Crippen molar-refractivity contribution in [3.63, 3.8) is 0 Å². The fourth-order valence-electron chi connectivity index (χ4n) is 3.47. The van der Waals surface area contributed by atoms with Gasteiger partial charge in [0.25, 0.3) is 0 Å². The number of benzene rings is 1. The van der Waals surface area contributed by atoms with Crippen LogP contribution >= 0.6 is 0 Å². The average molecular weight is 322 g/mol. The summed E-state index contributed by atoms with van der Waals surface area (Å²) in [5.41, 5.74) is 0.590. The molecule has 6 heteroatoms. The van der Waals surface area contributed by atoms with E-state index < -0.39 is 0 Å². The zero-order valence-electron chi connectivity index (χ0n) is 13.6. The van der Waals surface area contributed by atoms with Gasteiger partial charge in [0.05, 0.1) is 13.2 Å². The standard InChI is InChI=1S/C17H23FN2O3/c1-19-8-12-9-20(7-6-15(12)23-11-17(19)21)10-13-14(18)4-3-5-16(13)22-2/h3-5,12,15H,6-11H2,1-2H3/t12-,15-/m0/s1. The fourth-order valence-corrected chi connectivity index (χ4v) is 3.47. The molecule has 0 saturated carbocycles. The number of methoxy groups -OCH3 is 1. The van der Waals surface area contributed by atoms with Gasteiger partial charge < -0.3 is 14.4 Å². The van der Waals surface area contributed by atoms with Crippen LogP contribution in [0.4, 0.5) is 4.39 Å². The molecular weight excluding hydrogens is 299 g/mol. The molecule has 0 aliphatic carbocycles. The Kier molecular flexibility index (Phi) is 4.82. The van der Waals surface area contributed by atoms with Gasteiger partial charge in [0.15, 0.2) is 0 Å². The number of carbonyl (C=O) groups excluding carboxylic acids is 1. The lowest BCUT2D eigenvalue weighted by Gasteiger charge is -2.37. The third-order valence-corrected chi connectivity index (χ3v) is 4.78. The number of ether oxygens (including phenoxy) is 2. The van der Waals surface area contributed by atoms with Crippen LogP contribution in [-0.2, 0) is 16.1 Å². The summed E-state index contributed by atoms with van der Waals surface area (Å²) >= 11 is 0. The van der Waals surface area contributed by atoms with Crippen LogP contribution in [0.3, 0.4) is 0 Å². The Hall–Kier alpha value is -1.66. The van der Waals surface area contributed by atoms with Crippen molar-refractivity contribution < 1.29 is 18.7 Å². The Morgan fingerprint density at radius 3 is 3.00 bits per heavy atom. The van der Waals surface area contributed by atoms with Gasteiger partial charge in [0, 0.05) is 44.7 Å². The molecule has 1 aromatic rings. The second kappa shape index (κ2) is 6.84. The topological polar surface area (TPSA) is 42.0 Å². The number of piperidine rings is 1. The van der Waals surface area contributed by atoms with Crippen molar-refractivity contribution in [2.24, 2.45) is 5.92 Å². The molecule has 2 aliphatic heterocycles. The number of carbonyl (C=O) groups is 1. The lowest BCUT2D eigenvalue weighted by atomic mass is 9.93. The van der Waals surface area contributed by atoms with Gasteiger partial charge in [-0.15, -0.1) is 0 Å². The molecule has 0 spiro atoms. The number of rotatable bonds is 3. The molecule has 3 rings (SSSR count). The number of hydrogen-bond donors (Lipinski definition) is 0. The Morgan fingerprint density at radius 2 is 2.22 bits per heavy atom. The maximum Gasteiger partial charge on any atom is 0.248 e. The van der Waals surface area contributed by atoms with Crippen LogP contribution in [0, 0.1) is 11.7 Å². The Balaban J connectivity index is 1.71. The van der Waals surface area contributed by atoms with Crippen molar-refractivity contribution in [1.82, 2.24) is 9.80 Å². The number of likely N-dealkylation sites (N-methyl/N-ethyl adjacent to an activating group) is 1. The van der Waals surface area contributed by atoms with E-state index in [1.165, 1.54) is 6.07 Å². The third-order valence-electron chi connectivity index (χ3n) is 4.78. The highest BCUT2D eigenvalue weighted by Gasteiger charge is 2.35. The summed E-state index contributed by atoms with van der Waals surface area (Å²) in [5.74, 6) is 0.632. The van der Waals surface area contributed by atoms with Gasteiger partial charge in [-0.05, 0) is 18.6 Å². The van der Waals surface area contributed by atoms with E-state index in [-0.39, 0.29) is 30.4 Å². The van der Waals surface area contributed by atoms with Crippen LogP contribution in [0.1, 0.15) is 12.0 Å². The summed E-state index contributed by atoms with van der Waals surface area (Å²) in [6.07, 6.45) is 0.977. The summed E-state index contributed by atoms with van der Waals surface area (Å²) in [4.78, 5) is 15.7. The van der Waals surface area contributed by atoms with Crippen molar-refractivity contribution >= 4 is 5.91 Å². The lowest BCUT2D eigenvalue weighted by Crippen LogP contribution is -2.46. The number of nitrogens with zero attached hydrogens (tertiary/aromatic N) is 2. The molecule has 2 saturated heterocycles. The van der Waals surface area contributed by atoms with Gasteiger partial charge in [-0.25, -0.2) is 4.39 Å². The van der Waals surface area contributed by atoms with Crippen molar-refractivity contribution in [3.05, 3.63) is 29.6 Å². The maximum atomic E-state index is 14.1. The first-order chi connectivity index (χ1) is 11.1. The minimum Gasteiger partial charge on any atom is -0.496 e. The molecular formula is C17H23FN2O3. The second-order valence-corrected chi connectivity index (χ2v) is 6.33.